The van der Waals surface area contributed by atoms with Crippen molar-refractivity contribution in [1.82, 2.24) is 15.5 Å². The van der Waals surface area contributed by atoms with E-state index >= 15 is 0 Å². The Balaban J connectivity index is 2.14. The van der Waals surface area contributed by atoms with E-state index in [-0.39, 0.29) is 6.61 Å². The lowest BCUT2D eigenvalue weighted by Crippen LogP contribution is -2.22. The second kappa shape index (κ2) is 7.08. The molecule has 1 aromatic carbocycles. The number of para-hydroxylation sites is 1. The Morgan fingerprint density at radius 3 is 2.71 bits per heavy atom. The summed E-state index contributed by atoms with van der Waals surface area (Å²) in [6, 6.07) is 6.21. The molecule has 0 bridgehead atoms. The van der Waals surface area contributed by atoms with Gasteiger partial charge in [-0.15, -0.1) is 10.2 Å². The second-order valence-electron chi connectivity index (χ2n) is 4.99. The highest BCUT2D eigenvalue weighted by Gasteiger charge is 2.13. The second-order valence-corrected chi connectivity index (χ2v) is 4.99. The quantitative estimate of drug-likeness (QED) is 0.845. The average Bonchev–Trinajstić information content (AvgIpc) is 2.88. The summed E-state index contributed by atoms with van der Waals surface area (Å²) in [6.07, 6.45) is 0. The minimum Gasteiger partial charge on any atom is -0.493 e. The largest absolute Gasteiger partial charge is 0.493 e. The van der Waals surface area contributed by atoms with Crippen LogP contribution in [-0.4, -0.2) is 23.3 Å². The van der Waals surface area contributed by atoms with Crippen molar-refractivity contribution in [2.45, 2.75) is 40.0 Å². The lowest BCUT2D eigenvalue weighted by Gasteiger charge is -2.15. The predicted octanol–water partition coefficient (Wildman–Crippen LogP) is 2.46. The molecule has 0 atom stereocenters. The number of aromatic nitrogens is 2. The Morgan fingerprint density at radius 2 is 2.10 bits per heavy atom. The smallest absolute Gasteiger partial charge is 0.253 e. The molecule has 2 aromatic rings. The van der Waals surface area contributed by atoms with Crippen LogP contribution in [0.1, 0.15) is 31.2 Å². The molecule has 0 aliphatic carbocycles. The van der Waals surface area contributed by atoms with Gasteiger partial charge in [-0.25, -0.2) is 0 Å². The maximum Gasteiger partial charge on any atom is 0.253 e. The summed E-state index contributed by atoms with van der Waals surface area (Å²) in [6.45, 7) is 6.87. The van der Waals surface area contributed by atoms with E-state index in [1.165, 1.54) is 0 Å². The number of ether oxygens (including phenoxy) is 2. The highest BCUT2D eigenvalue weighted by atomic mass is 16.5. The summed E-state index contributed by atoms with van der Waals surface area (Å²) in [5.74, 6) is 2.36. The van der Waals surface area contributed by atoms with Crippen LogP contribution in [-0.2, 0) is 13.2 Å². The number of hydrogen-bond acceptors (Lipinski definition) is 6. The molecule has 0 saturated carbocycles. The molecule has 0 radical (unpaired) electrons. The summed E-state index contributed by atoms with van der Waals surface area (Å²) in [5, 5.41) is 11.1. The Bertz CT molecular complexity index is 581. The molecule has 2 rings (SSSR count). The van der Waals surface area contributed by atoms with Gasteiger partial charge in [-0.05, 0) is 6.07 Å². The standard InChI is InChI=1S/C15H21N3O3/c1-10(2)16-8-12-6-5-7-13(19-4)15(12)20-9-14-18-17-11(3)21-14/h5-7,10,16H,8-9H2,1-4H3. The van der Waals surface area contributed by atoms with Crippen LogP contribution in [0.15, 0.2) is 22.6 Å². The van der Waals surface area contributed by atoms with Gasteiger partial charge in [0, 0.05) is 25.1 Å². The SMILES string of the molecule is COc1cccc(CNC(C)C)c1OCc1nnc(C)o1. The summed E-state index contributed by atoms with van der Waals surface area (Å²) in [7, 11) is 1.62. The van der Waals surface area contributed by atoms with Crippen LogP contribution in [0.5, 0.6) is 11.5 Å². The van der Waals surface area contributed by atoms with E-state index in [0.717, 1.165) is 5.56 Å². The van der Waals surface area contributed by atoms with Crippen molar-refractivity contribution in [2.75, 3.05) is 7.11 Å². The zero-order chi connectivity index (χ0) is 15.2. The van der Waals surface area contributed by atoms with Crippen molar-refractivity contribution in [1.29, 1.82) is 0 Å². The maximum atomic E-state index is 5.83. The fourth-order valence-corrected chi connectivity index (χ4v) is 1.87. The third kappa shape index (κ3) is 4.19. The molecular weight excluding hydrogens is 270 g/mol. The van der Waals surface area contributed by atoms with Gasteiger partial charge in [-0.3, -0.25) is 0 Å². The number of nitrogens with one attached hydrogen (secondary N) is 1. The Morgan fingerprint density at radius 1 is 1.29 bits per heavy atom. The fourth-order valence-electron chi connectivity index (χ4n) is 1.87. The Hall–Kier alpha value is -2.08. The van der Waals surface area contributed by atoms with E-state index in [4.69, 9.17) is 13.9 Å². The maximum absolute atomic E-state index is 5.83. The van der Waals surface area contributed by atoms with E-state index in [2.05, 4.69) is 29.4 Å². The van der Waals surface area contributed by atoms with Crippen molar-refractivity contribution in [3.05, 3.63) is 35.5 Å². The zero-order valence-corrected chi connectivity index (χ0v) is 12.8. The monoisotopic (exact) mass is 291 g/mol. The van der Waals surface area contributed by atoms with Gasteiger partial charge in [0.2, 0.25) is 5.89 Å². The van der Waals surface area contributed by atoms with Crippen LogP contribution in [0.2, 0.25) is 0 Å². The molecule has 1 aromatic heterocycles. The molecule has 6 heteroatoms. The third-order valence-corrected chi connectivity index (χ3v) is 2.89. The van der Waals surface area contributed by atoms with Gasteiger partial charge >= 0.3 is 0 Å². The van der Waals surface area contributed by atoms with Crippen molar-refractivity contribution in [2.24, 2.45) is 0 Å². The topological polar surface area (TPSA) is 69.4 Å². The number of hydrogen-bond donors (Lipinski definition) is 1. The molecule has 0 saturated heterocycles. The molecule has 0 fully saturated rings. The molecule has 114 valence electrons. The number of rotatable bonds is 7. The first-order valence-corrected chi connectivity index (χ1v) is 6.91. The minimum absolute atomic E-state index is 0.218. The molecule has 1 heterocycles. The van der Waals surface area contributed by atoms with Gasteiger partial charge in [0.15, 0.2) is 18.1 Å². The van der Waals surface area contributed by atoms with E-state index in [1.807, 2.05) is 18.2 Å². The first-order chi connectivity index (χ1) is 10.1. The molecule has 6 nitrogen and oxygen atoms in total. The number of benzene rings is 1. The van der Waals surface area contributed by atoms with Gasteiger partial charge in [-0.1, -0.05) is 26.0 Å². The van der Waals surface area contributed by atoms with Crippen LogP contribution in [0, 0.1) is 6.92 Å². The molecule has 0 aliphatic rings. The highest BCUT2D eigenvalue weighted by molar-refractivity contribution is 5.46. The molecule has 1 N–H and O–H groups in total. The van der Waals surface area contributed by atoms with Crippen LogP contribution in [0.3, 0.4) is 0 Å². The Labute approximate surface area is 124 Å². The van der Waals surface area contributed by atoms with E-state index in [0.29, 0.717) is 35.9 Å². The number of nitrogens with zero attached hydrogens (tertiary/aromatic N) is 2. The minimum atomic E-state index is 0.218. The zero-order valence-electron chi connectivity index (χ0n) is 12.8. The average molecular weight is 291 g/mol. The van der Waals surface area contributed by atoms with Gasteiger partial charge in [-0.2, -0.15) is 0 Å². The third-order valence-electron chi connectivity index (χ3n) is 2.89. The summed E-state index contributed by atoms with van der Waals surface area (Å²) in [5.41, 5.74) is 1.03. The van der Waals surface area contributed by atoms with Crippen molar-refractivity contribution < 1.29 is 13.9 Å². The van der Waals surface area contributed by atoms with Crippen molar-refractivity contribution in [3.8, 4) is 11.5 Å². The predicted molar refractivity (Wildman–Crippen MR) is 78.3 cm³/mol. The normalized spacial score (nSPS) is 10.9. The Kier molecular flexibility index (Phi) is 5.16. The first-order valence-electron chi connectivity index (χ1n) is 6.91. The van der Waals surface area contributed by atoms with Crippen molar-refractivity contribution in [3.63, 3.8) is 0 Å². The molecule has 0 spiro atoms. The summed E-state index contributed by atoms with van der Waals surface area (Å²) >= 11 is 0. The van der Waals surface area contributed by atoms with Crippen LogP contribution in [0.25, 0.3) is 0 Å². The first kappa shape index (κ1) is 15.3. The lowest BCUT2D eigenvalue weighted by molar-refractivity contribution is 0.245. The van der Waals surface area contributed by atoms with Gasteiger partial charge in [0.05, 0.1) is 7.11 Å². The summed E-state index contributed by atoms with van der Waals surface area (Å²) in [4.78, 5) is 0. The lowest BCUT2D eigenvalue weighted by atomic mass is 10.1. The van der Waals surface area contributed by atoms with Gasteiger partial charge < -0.3 is 19.2 Å². The van der Waals surface area contributed by atoms with E-state index in [1.54, 1.807) is 14.0 Å². The highest BCUT2D eigenvalue weighted by Crippen LogP contribution is 2.31. The van der Waals surface area contributed by atoms with Gasteiger partial charge in [0.25, 0.3) is 5.89 Å². The number of aryl methyl sites for hydroxylation is 1. The number of methoxy groups -OCH3 is 1. The molecule has 0 unspecified atom stereocenters. The molecule has 0 aliphatic heterocycles. The van der Waals surface area contributed by atoms with E-state index in [9.17, 15) is 0 Å². The van der Waals surface area contributed by atoms with Crippen LogP contribution < -0.4 is 14.8 Å². The fraction of sp³-hybridized carbons (Fsp3) is 0.467. The van der Waals surface area contributed by atoms with Crippen molar-refractivity contribution >= 4 is 0 Å². The molecular formula is C15H21N3O3. The van der Waals surface area contributed by atoms with Crippen LogP contribution >= 0.6 is 0 Å². The van der Waals surface area contributed by atoms with E-state index < -0.39 is 0 Å². The molecule has 21 heavy (non-hydrogen) atoms. The molecule has 0 amide bonds. The van der Waals surface area contributed by atoms with Gasteiger partial charge in [0.1, 0.15) is 0 Å². The summed E-state index contributed by atoms with van der Waals surface area (Å²) < 4.78 is 16.5. The van der Waals surface area contributed by atoms with Crippen LogP contribution in [0.4, 0.5) is 0 Å².